The van der Waals surface area contributed by atoms with Gasteiger partial charge in [0, 0.05) is 31.7 Å². The molecule has 2 aromatic rings. The van der Waals surface area contributed by atoms with Crippen LogP contribution in [0, 0.1) is 3.82 Å². The first-order valence-electron chi connectivity index (χ1n) is 7.08. The Morgan fingerprint density at radius 2 is 1.90 bits per heavy atom. The topological polar surface area (TPSA) is 32.3 Å². The van der Waals surface area contributed by atoms with Gasteiger partial charge in [-0.2, -0.15) is 0 Å². The van der Waals surface area contributed by atoms with Crippen molar-refractivity contribution < 1.29 is 0 Å². The zero-order chi connectivity index (χ0) is 14.8. The van der Waals surface area contributed by atoms with Crippen molar-refractivity contribution >= 4 is 38.7 Å². The number of hydrogen-bond acceptors (Lipinski definition) is 7. The summed E-state index contributed by atoms with van der Waals surface area (Å²) in [6, 6.07) is 4.16. The van der Waals surface area contributed by atoms with Gasteiger partial charge in [-0.15, -0.1) is 10.2 Å². The van der Waals surface area contributed by atoms with E-state index in [0.29, 0.717) is 0 Å². The lowest BCUT2D eigenvalue weighted by Crippen LogP contribution is -2.44. The van der Waals surface area contributed by atoms with Gasteiger partial charge in [-0.05, 0) is 25.6 Å². The fraction of sp³-hybridized carbons (Fsp3) is 0.500. The minimum Gasteiger partial charge on any atom is -0.353 e. The van der Waals surface area contributed by atoms with Crippen LogP contribution < -0.4 is 4.90 Å². The molecule has 21 heavy (non-hydrogen) atoms. The molecule has 0 amide bonds. The summed E-state index contributed by atoms with van der Waals surface area (Å²) in [6.45, 7) is 6.33. The summed E-state index contributed by atoms with van der Waals surface area (Å²) in [7, 11) is 5.52. The van der Waals surface area contributed by atoms with Crippen molar-refractivity contribution in [1.29, 1.82) is 0 Å². The maximum atomic E-state index is 5.38. The highest BCUT2D eigenvalue weighted by atomic mass is 32.9. The van der Waals surface area contributed by atoms with Crippen LogP contribution in [-0.4, -0.2) is 48.3 Å². The van der Waals surface area contributed by atoms with Gasteiger partial charge in [-0.3, -0.25) is 0 Å². The van der Waals surface area contributed by atoms with Crippen LogP contribution in [0.3, 0.4) is 0 Å². The molecule has 0 atom stereocenters. The molecule has 0 unspecified atom stereocenters. The van der Waals surface area contributed by atoms with E-state index in [0.717, 1.165) is 47.9 Å². The summed E-state index contributed by atoms with van der Waals surface area (Å²) >= 11 is 5.38. The van der Waals surface area contributed by atoms with Gasteiger partial charge in [0.1, 0.15) is 9.52 Å². The van der Waals surface area contributed by atoms with Crippen molar-refractivity contribution in [3.63, 3.8) is 0 Å². The second-order valence-corrected chi connectivity index (χ2v) is 8.00. The first-order chi connectivity index (χ1) is 10.2. The number of piperazine rings is 1. The molecule has 3 heterocycles. The molecular formula is C14H18N4S3. The van der Waals surface area contributed by atoms with Crippen molar-refractivity contribution in [3.8, 4) is 10.6 Å². The molecule has 0 aliphatic carbocycles. The third-order valence-corrected chi connectivity index (χ3v) is 6.95. The highest BCUT2D eigenvalue weighted by Gasteiger charge is 2.16. The van der Waals surface area contributed by atoms with E-state index in [4.69, 9.17) is 12.2 Å². The SMILES string of the molecule is CCc1c(-c2ccc(N3CCN(C)CC3)nn2)ssc1=S. The van der Waals surface area contributed by atoms with Crippen LogP contribution in [0.15, 0.2) is 12.1 Å². The summed E-state index contributed by atoms with van der Waals surface area (Å²) in [6.07, 6.45) is 0.954. The monoisotopic (exact) mass is 338 g/mol. The van der Waals surface area contributed by atoms with E-state index in [2.05, 4.69) is 46.1 Å². The Bertz CT molecular complexity index is 654. The molecule has 7 heteroatoms. The largest absolute Gasteiger partial charge is 0.353 e. The van der Waals surface area contributed by atoms with E-state index in [1.807, 2.05) is 0 Å². The van der Waals surface area contributed by atoms with Gasteiger partial charge in [0.2, 0.25) is 0 Å². The van der Waals surface area contributed by atoms with Gasteiger partial charge >= 0.3 is 0 Å². The Labute approximate surface area is 137 Å². The second kappa shape index (κ2) is 6.48. The van der Waals surface area contributed by atoms with Crippen LogP contribution >= 0.6 is 32.9 Å². The number of hydrogen-bond donors (Lipinski definition) is 0. The molecule has 1 aliphatic heterocycles. The Kier molecular flexibility index (Phi) is 4.63. The van der Waals surface area contributed by atoms with Crippen molar-refractivity contribution in [3.05, 3.63) is 21.5 Å². The number of aromatic nitrogens is 2. The lowest BCUT2D eigenvalue weighted by molar-refractivity contribution is 0.312. The number of rotatable bonds is 3. The van der Waals surface area contributed by atoms with Crippen molar-refractivity contribution in [2.75, 3.05) is 38.1 Å². The summed E-state index contributed by atoms with van der Waals surface area (Å²) < 4.78 is 0.988. The molecule has 1 saturated heterocycles. The molecular weight excluding hydrogens is 320 g/mol. The second-order valence-electron chi connectivity index (χ2n) is 5.18. The van der Waals surface area contributed by atoms with Gasteiger partial charge in [0.15, 0.2) is 5.82 Å². The van der Waals surface area contributed by atoms with Crippen molar-refractivity contribution in [1.82, 2.24) is 15.1 Å². The Morgan fingerprint density at radius 1 is 1.14 bits per heavy atom. The Hall–Kier alpha value is -0.890. The zero-order valence-electron chi connectivity index (χ0n) is 12.2. The summed E-state index contributed by atoms with van der Waals surface area (Å²) in [5.74, 6) is 0.976. The van der Waals surface area contributed by atoms with Crippen LogP contribution in [0.2, 0.25) is 0 Å². The van der Waals surface area contributed by atoms with E-state index in [-0.39, 0.29) is 0 Å². The number of nitrogens with zero attached hydrogens (tertiary/aromatic N) is 4. The lowest BCUT2D eigenvalue weighted by Gasteiger charge is -2.32. The summed E-state index contributed by atoms with van der Waals surface area (Å²) in [5.41, 5.74) is 2.18. The van der Waals surface area contributed by atoms with Gasteiger partial charge in [0.25, 0.3) is 0 Å². The summed E-state index contributed by atoms with van der Waals surface area (Å²) in [5, 5.41) is 8.85. The first kappa shape index (κ1) is 15.0. The van der Waals surface area contributed by atoms with Crippen LogP contribution in [0.1, 0.15) is 12.5 Å². The molecule has 112 valence electrons. The van der Waals surface area contributed by atoms with Gasteiger partial charge in [0.05, 0.1) is 4.88 Å². The lowest BCUT2D eigenvalue weighted by atomic mass is 10.2. The van der Waals surface area contributed by atoms with Crippen LogP contribution in [-0.2, 0) is 6.42 Å². The molecule has 3 rings (SSSR count). The Morgan fingerprint density at radius 3 is 2.52 bits per heavy atom. The summed E-state index contributed by atoms with van der Waals surface area (Å²) in [4.78, 5) is 5.82. The predicted octanol–water partition coefficient (Wildman–Crippen LogP) is 3.31. The normalized spacial score (nSPS) is 16.4. The number of likely N-dealkylation sites (N-methyl/N-ethyl adjacent to an activating group) is 1. The molecule has 2 aromatic heterocycles. The number of anilines is 1. The van der Waals surface area contributed by atoms with Gasteiger partial charge in [-0.1, -0.05) is 39.8 Å². The predicted molar refractivity (Wildman–Crippen MR) is 93.1 cm³/mol. The molecule has 0 radical (unpaired) electrons. The highest BCUT2D eigenvalue weighted by Crippen LogP contribution is 2.33. The highest BCUT2D eigenvalue weighted by molar-refractivity contribution is 7.80. The third-order valence-electron chi connectivity index (χ3n) is 3.79. The molecule has 4 nitrogen and oxygen atoms in total. The average Bonchev–Trinajstić information content (AvgIpc) is 2.89. The molecule has 1 fully saturated rings. The van der Waals surface area contributed by atoms with Crippen LogP contribution in [0.25, 0.3) is 10.6 Å². The fourth-order valence-electron chi connectivity index (χ4n) is 2.43. The van der Waals surface area contributed by atoms with E-state index in [9.17, 15) is 0 Å². The Balaban J connectivity index is 1.82. The fourth-order valence-corrected chi connectivity index (χ4v) is 5.49. The van der Waals surface area contributed by atoms with Crippen molar-refractivity contribution in [2.45, 2.75) is 13.3 Å². The molecule has 0 N–H and O–H groups in total. The van der Waals surface area contributed by atoms with Crippen LogP contribution in [0.4, 0.5) is 5.82 Å². The van der Waals surface area contributed by atoms with E-state index >= 15 is 0 Å². The van der Waals surface area contributed by atoms with E-state index in [1.165, 1.54) is 10.4 Å². The molecule has 0 spiro atoms. The maximum absolute atomic E-state index is 5.38. The maximum Gasteiger partial charge on any atom is 0.151 e. The van der Waals surface area contributed by atoms with Crippen molar-refractivity contribution in [2.24, 2.45) is 0 Å². The standard InChI is InChI=1S/C14H18N4S3/c1-3-10-13(20-21-14(10)19)11-4-5-12(16-15-11)18-8-6-17(2)7-9-18/h4-5H,3,6-9H2,1-2H3. The van der Waals surface area contributed by atoms with Crippen LogP contribution in [0.5, 0.6) is 0 Å². The average molecular weight is 339 g/mol. The molecule has 0 bridgehead atoms. The van der Waals surface area contributed by atoms with Gasteiger partial charge in [-0.25, -0.2) is 0 Å². The molecule has 0 aromatic carbocycles. The third kappa shape index (κ3) is 3.15. The minimum absolute atomic E-state index is 0.946. The van der Waals surface area contributed by atoms with E-state index in [1.54, 1.807) is 20.7 Å². The first-order valence-corrected chi connectivity index (χ1v) is 9.64. The zero-order valence-corrected chi connectivity index (χ0v) is 14.7. The smallest absolute Gasteiger partial charge is 0.151 e. The minimum atomic E-state index is 0.946. The quantitative estimate of drug-likeness (QED) is 0.633. The molecule has 1 aliphatic rings. The van der Waals surface area contributed by atoms with Gasteiger partial charge < -0.3 is 9.80 Å². The van der Waals surface area contributed by atoms with E-state index < -0.39 is 0 Å². The molecule has 0 saturated carbocycles.